The predicted molar refractivity (Wildman–Crippen MR) is 63.1 cm³/mol. The van der Waals surface area contributed by atoms with Gasteiger partial charge in [0.05, 0.1) is 12.6 Å². The van der Waals surface area contributed by atoms with Crippen molar-refractivity contribution >= 4 is 11.7 Å². The number of hydrogen-bond donors (Lipinski definition) is 1. The van der Waals surface area contributed by atoms with Gasteiger partial charge in [-0.1, -0.05) is 20.8 Å². The summed E-state index contributed by atoms with van der Waals surface area (Å²) in [6.07, 6.45) is 1.74. The Morgan fingerprint density at radius 2 is 2.00 bits per heavy atom. The van der Waals surface area contributed by atoms with Crippen molar-refractivity contribution in [1.29, 1.82) is 0 Å². The van der Waals surface area contributed by atoms with Crippen LogP contribution in [0.1, 0.15) is 33.6 Å². The third-order valence-corrected chi connectivity index (χ3v) is 2.94. The number of hydrogen-bond acceptors (Lipinski definition) is 3. The number of ketones is 1. The van der Waals surface area contributed by atoms with Crippen LogP contribution in [0.5, 0.6) is 0 Å². The molecule has 0 spiro atoms. The van der Waals surface area contributed by atoms with Crippen LogP contribution in [0.2, 0.25) is 0 Å². The number of nitrogens with one attached hydrogen (secondary N) is 1. The Labute approximate surface area is 97.4 Å². The molecule has 0 aromatic heterocycles. The molecule has 0 radical (unpaired) electrons. The molecule has 0 bridgehead atoms. The summed E-state index contributed by atoms with van der Waals surface area (Å²) >= 11 is 0. The molecule has 16 heavy (non-hydrogen) atoms. The number of likely N-dealkylation sites (tertiary alicyclic amines) is 1. The molecule has 1 saturated heterocycles. The molecule has 0 aromatic rings. The summed E-state index contributed by atoms with van der Waals surface area (Å²) in [5.41, 5.74) is -0.368. The molecule has 4 nitrogen and oxygen atoms in total. The van der Waals surface area contributed by atoms with Crippen LogP contribution in [0.3, 0.4) is 0 Å². The molecule has 1 N–H and O–H groups in total. The van der Waals surface area contributed by atoms with Crippen LogP contribution < -0.4 is 5.32 Å². The number of likely N-dealkylation sites (N-methyl/N-ethyl adjacent to an activating group) is 1. The first-order valence-electron chi connectivity index (χ1n) is 5.86. The standard InChI is InChI=1S/C12H22N2O2/c1-12(2,3)11(16)9-6-5-7-14(9)10(15)8-13-4/h9,13H,5-8H2,1-4H3. The highest BCUT2D eigenvalue weighted by atomic mass is 16.2. The van der Waals surface area contributed by atoms with Crippen molar-refractivity contribution < 1.29 is 9.59 Å². The minimum atomic E-state index is -0.368. The summed E-state index contributed by atoms with van der Waals surface area (Å²) in [5.74, 6) is 0.206. The molecule has 0 aliphatic carbocycles. The lowest BCUT2D eigenvalue weighted by Gasteiger charge is -2.29. The van der Waals surface area contributed by atoms with Gasteiger partial charge in [-0.2, -0.15) is 0 Å². The van der Waals surface area contributed by atoms with Crippen LogP contribution in [0, 0.1) is 5.41 Å². The van der Waals surface area contributed by atoms with E-state index in [-0.39, 0.29) is 23.1 Å². The zero-order valence-electron chi connectivity index (χ0n) is 10.7. The number of nitrogens with zero attached hydrogens (tertiary/aromatic N) is 1. The zero-order chi connectivity index (χ0) is 12.3. The van der Waals surface area contributed by atoms with Crippen molar-refractivity contribution in [3.05, 3.63) is 0 Å². The number of amides is 1. The number of rotatable bonds is 3. The van der Waals surface area contributed by atoms with Crippen molar-refractivity contribution in [1.82, 2.24) is 10.2 Å². The Hall–Kier alpha value is -0.900. The lowest BCUT2D eigenvalue weighted by Crippen LogP contribution is -2.47. The molecule has 92 valence electrons. The smallest absolute Gasteiger partial charge is 0.237 e. The van der Waals surface area contributed by atoms with Gasteiger partial charge in [-0.25, -0.2) is 0 Å². The van der Waals surface area contributed by atoms with Crippen LogP contribution in [0.15, 0.2) is 0 Å². The second-order valence-electron chi connectivity index (χ2n) is 5.39. The Morgan fingerprint density at radius 1 is 1.38 bits per heavy atom. The maximum Gasteiger partial charge on any atom is 0.237 e. The van der Waals surface area contributed by atoms with Gasteiger partial charge in [0.25, 0.3) is 0 Å². The molecular formula is C12H22N2O2. The lowest BCUT2D eigenvalue weighted by molar-refractivity contribution is -0.140. The van der Waals surface area contributed by atoms with E-state index >= 15 is 0 Å². The van der Waals surface area contributed by atoms with Crippen molar-refractivity contribution in [2.24, 2.45) is 5.41 Å². The minimum Gasteiger partial charge on any atom is -0.332 e. The zero-order valence-corrected chi connectivity index (χ0v) is 10.7. The van der Waals surface area contributed by atoms with E-state index in [1.165, 1.54) is 0 Å². The highest BCUT2D eigenvalue weighted by Gasteiger charge is 2.38. The first-order chi connectivity index (χ1) is 7.38. The molecule has 1 aliphatic heterocycles. The van der Waals surface area contributed by atoms with Crippen LogP contribution in [-0.2, 0) is 9.59 Å². The van der Waals surface area contributed by atoms with Gasteiger partial charge in [-0.15, -0.1) is 0 Å². The third kappa shape index (κ3) is 2.82. The topological polar surface area (TPSA) is 49.4 Å². The van der Waals surface area contributed by atoms with Gasteiger partial charge >= 0.3 is 0 Å². The molecular weight excluding hydrogens is 204 g/mol. The van der Waals surface area contributed by atoms with Crippen LogP contribution in [0.25, 0.3) is 0 Å². The average Bonchev–Trinajstić information content (AvgIpc) is 2.63. The Morgan fingerprint density at radius 3 is 2.50 bits per heavy atom. The summed E-state index contributed by atoms with van der Waals surface area (Å²) in [4.78, 5) is 25.7. The van der Waals surface area contributed by atoms with Crippen LogP contribution in [0.4, 0.5) is 0 Å². The summed E-state index contributed by atoms with van der Waals surface area (Å²) in [5, 5.41) is 2.84. The third-order valence-electron chi connectivity index (χ3n) is 2.94. The first kappa shape index (κ1) is 13.2. The van der Waals surface area contributed by atoms with Crippen molar-refractivity contribution in [2.75, 3.05) is 20.1 Å². The van der Waals surface area contributed by atoms with Gasteiger partial charge in [0.15, 0.2) is 5.78 Å². The fraction of sp³-hybridized carbons (Fsp3) is 0.833. The molecule has 1 amide bonds. The summed E-state index contributed by atoms with van der Waals surface area (Å²) in [6, 6.07) is -0.208. The monoisotopic (exact) mass is 226 g/mol. The molecule has 1 unspecified atom stereocenters. The maximum atomic E-state index is 12.2. The van der Waals surface area contributed by atoms with Gasteiger partial charge in [-0.05, 0) is 19.9 Å². The van der Waals surface area contributed by atoms with Gasteiger partial charge in [0.1, 0.15) is 0 Å². The summed E-state index contributed by atoms with van der Waals surface area (Å²) in [6.45, 7) is 6.76. The molecule has 0 aromatic carbocycles. The summed E-state index contributed by atoms with van der Waals surface area (Å²) in [7, 11) is 1.74. The molecule has 4 heteroatoms. The molecule has 1 atom stereocenters. The highest BCUT2D eigenvalue weighted by Crippen LogP contribution is 2.26. The van der Waals surface area contributed by atoms with Crippen molar-refractivity contribution in [3.8, 4) is 0 Å². The predicted octanol–water partition coefficient (Wildman–Crippen LogP) is 0.812. The fourth-order valence-electron chi connectivity index (χ4n) is 2.09. The molecule has 1 fully saturated rings. The Bertz CT molecular complexity index is 281. The summed E-state index contributed by atoms with van der Waals surface area (Å²) < 4.78 is 0. The normalized spacial score (nSPS) is 21.2. The van der Waals surface area contributed by atoms with Gasteiger partial charge < -0.3 is 10.2 Å². The number of carbonyl (C=O) groups excluding carboxylic acids is 2. The quantitative estimate of drug-likeness (QED) is 0.775. The van der Waals surface area contributed by atoms with E-state index in [4.69, 9.17) is 0 Å². The van der Waals surface area contributed by atoms with E-state index in [0.29, 0.717) is 13.1 Å². The average molecular weight is 226 g/mol. The van der Waals surface area contributed by atoms with Gasteiger partial charge in [0, 0.05) is 12.0 Å². The Balaban J connectivity index is 2.73. The minimum absolute atomic E-state index is 0.0302. The second kappa shape index (κ2) is 4.95. The van der Waals surface area contributed by atoms with E-state index in [2.05, 4.69) is 5.32 Å². The van der Waals surface area contributed by atoms with E-state index in [1.807, 2.05) is 20.8 Å². The molecule has 1 aliphatic rings. The highest BCUT2D eigenvalue weighted by molar-refractivity contribution is 5.93. The van der Waals surface area contributed by atoms with Crippen LogP contribution in [-0.4, -0.2) is 42.8 Å². The largest absolute Gasteiger partial charge is 0.332 e. The van der Waals surface area contributed by atoms with E-state index in [0.717, 1.165) is 12.8 Å². The maximum absolute atomic E-state index is 12.2. The van der Waals surface area contributed by atoms with E-state index < -0.39 is 0 Å². The number of Topliss-reactive ketones (excluding diaryl/α,β-unsaturated/α-hetero) is 1. The van der Waals surface area contributed by atoms with Gasteiger partial charge in [0.2, 0.25) is 5.91 Å². The van der Waals surface area contributed by atoms with Crippen molar-refractivity contribution in [3.63, 3.8) is 0 Å². The SMILES string of the molecule is CNCC(=O)N1CCCC1C(=O)C(C)(C)C. The fourth-order valence-corrected chi connectivity index (χ4v) is 2.09. The van der Waals surface area contributed by atoms with Crippen molar-refractivity contribution in [2.45, 2.75) is 39.7 Å². The molecule has 0 saturated carbocycles. The Kier molecular flexibility index (Phi) is 4.08. The first-order valence-corrected chi connectivity index (χ1v) is 5.86. The second-order valence-corrected chi connectivity index (χ2v) is 5.39. The van der Waals surface area contributed by atoms with Gasteiger partial charge in [-0.3, -0.25) is 9.59 Å². The van der Waals surface area contributed by atoms with E-state index in [9.17, 15) is 9.59 Å². The number of carbonyl (C=O) groups is 2. The molecule has 1 rings (SSSR count). The van der Waals surface area contributed by atoms with Crippen LogP contribution >= 0.6 is 0 Å². The van der Waals surface area contributed by atoms with E-state index in [1.54, 1.807) is 11.9 Å². The molecule has 1 heterocycles. The lowest BCUT2D eigenvalue weighted by atomic mass is 9.85.